The van der Waals surface area contributed by atoms with E-state index in [1.165, 1.54) is 38.5 Å². The molecular weight excluding hydrogens is 242 g/mol. The molecule has 0 heterocycles. The first kappa shape index (κ1) is 17.2. The lowest BCUT2D eigenvalue weighted by Gasteiger charge is -2.05. The highest BCUT2D eigenvalue weighted by molar-refractivity contribution is 6.63. The lowest BCUT2D eigenvalue weighted by molar-refractivity contribution is 0.216. The third-order valence-electron chi connectivity index (χ3n) is 1.50. The Morgan fingerprint density at radius 2 is 0.857 bits per heavy atom. The van der Waals surface area contributed by atoms with E-state index in [2.05, 4.69) is 0 Å². The summed E-state index contributed by atoms with van der Waals surface area (Å²) in [6.07, 6.45) is 8.83. The van der Waals surface area contributed by atoms with Crippen molar-refractivity contribution >= 4 is 34.8 Å². The molecule has 1 aliphatic carbocycles. The highest BCUT2D eigenvalue weighted by Crippen LogP contribution is 2.15. The van der Waals surface area contributed by atoms with Gasteiger partial charge in [-0.1, -0.05) is 73.3 Å². The van der Waals surface area contributed by atoms with Crippen molar-refractivity contribution in [1.82, 2.24) is 0 Å². The van der Waals surface area contributed by atoms with E-state index in [0.29, 0.717) is 0 Å². The number of hydrogen-bond donors (Lipinski definition) is 1. The second kappa shape index (κ2) is 13.8. The third-order valence-corrected chi connectivity index (χ3v) is 1.50. The molecule has 88 valence electrons. The van der Waals surface area contributed by atoms with Crippen LogP contribution in [-0.2, 0) is 0 Å². The SMILES string of the molecule is C1CCCCC1.CC(C)O.ClC(Cl)Cl. The van der Waals surface area contributed by atoms with E-state index in [4.69, 9.17) is 39.9 Å². The molecule has 0 amide bonds. The molecule has 0 aromatic heterocycles. The van der Waals surface area contributed by atoms with Crippen LogP contribution in [0.2, 0.25) is 0 Å². The maximum absolute atomic E-state index is 8.06. The highest BCUT2D eigenvalue weighted by Gasteiger charge is 1.95. The lowest BCUT2D eigenvalue weighted by atomic mass is 10.0. The van der Waals surface area contributed by atoms with Gasteiger partial charge in [0.15, 0.2) is 4.30 Å². The van der Waals surface area contributed by atoms with Gasteiger partial charge in [0.2, 0.25) is 0 Å². The van der Waals surface area contributed by atoms with Gasteiger partial charge in [0.05, 0.1) is 0 Å². The molecule has 0 spiro atoms. The molecule has 0 radical (unpaired) electrons. The van der Waals surface area contributed by atoms with Gasteiger partial charge in [-0.3, -0.25) is 0 Å². The zero-order chi connectivity index (χ0) is 11.4. The normalized spacial score (nSPS) is 15.4. The van der Waals surface area contributed by atoms with Crippen LogP contribution in [0.3, 0.4) is 0 Å². The molecule has 1 aliphatic rings. The molecule has 0 unspecified atom stereocenters. The Balaban J connectivity index is 0. The lowest BCUT2D eigenvalue weighted by Crippen LogP contribution is -1.85. The van der Waals surface area contributed by atoms with Crippen LogP contribution >= 0.6 is 34.8 Å². The number of aliphatic hydroxyl groups is 1. The quantitative estimate of drug-likeness (QED) is 0.627. The van der Waals surface area contributed by atoms with Gasteiger partial charge in [-0.25, -0.2) is 0 Å². The summed E-state index contributed by atoms with van der Waals surface area (Å²) in [7, 11) is 0. The molecule has 0 atom stereocenters. The largest absolute Gasteiger partial charge is 0.394 e. The van der Waals surface area contributed by atoms with E-state index in [1.54, 1.807) is 13.8 Å². The van der Waals surface area contributed by atoms with Crippen LogP contribution in [0.5, 0.6) is 0 Å². The zero-order valence-corrected chi connectivity index (χ0v) is 11.2. The van der Waals surface area contributed by atoms with Crippen LogP contribution < -0.4 is 0 Å². The minimum atomic E-state index is -0.750. The average Bonchev–Trinajstić information content (AvgIpc) is 2.05. The van der Waals surface area contributed by atoms with Crippen molar-refractivity contribution in [2.24, 2.45) is 0 Å². The smallest absolute Gasteiger partial charge is 0.180 e. The second-order valence-electron chi connectivity index (χ2n) is 3.46. The van der Waals surface area contributed by atoms with Crippen molar-refractivity contribution in [3.8, 4) is 0 Å². The zero-order valence-electron chi connectivity index (χ0n) is 8.98. The van der Waals surface area contributed by atoms with Crippen LogP contribution in [0.1, 0.15) is 52.4 Å². The van der Waals surface area contributed by atoms with Crippen molar-refractivity contribution in [3.05, 3.63) is 0 Å². The number of aliphatic hydroxyl groups excluding tert-OH is 1. The summed E-state index contributed by atoms with van der Waals surface area (Å²) in [5, 5.41) is 8.06. The predicted octanol–water partition coefficient (Wildman–Crippen LogP) is 4.71. The Morgan fingerprint density at radius 3 is 0.929 bits per heavy atom. The number of halogens is 3. The van der Waals surface area contributed by atoms with Crippen LogP contribution in [0.4, 0.5) is 0 Å². The number of hydrogen-bond acceptors (Lipinski definition) is 1. The summed E-state index contributed by atoms with van der Waals surface area (Å²) in [6, 6.07) is 0. The third kappa shape index (κ3) is 38.5. The first-order valence-electron chi connectivity index (χ1n) is 5.07. The van der Waals surface area contributed by atoms with Gasteiger partial charge < -0.3 is 5.11 Å². The Hall–Kier alpha value is 0.830. The van der Waals surface area contributed by atoms with E-state index < -0.39 is 4.30 Å². The second-order valence-corrected chi connectivity index (χ2v) is 5.44. The van der Waals surface area contributed by atoms with Gasteiger partial charge >= 0.3 is 0 Å². The fourth-order valence-electron chi connectivity index (χ4n) is 1.06. The predicted molar refractivity (Wildman–Crippen MR) is 66.4 cm³/mol. The fraction of sp³-hybridized carbons (Fsp3) is 1.00. The van der Waals surface area contributed by atoms with Gasteiger partial charge in [0.1, 0.15) is 0 Å². The van der Waals surface area contributed by atoms with Crippen LogP contribution in [0.25, 0.3) is 0 Å². The van der Waals surface area contributed by atoms with E-state index in [1.807, 2.05) is 0 Å². The summed E-state index contributed by atoms with van der Waals surface area (Å²) in [5.74, 6) is 0. The van der Waals surface area contributed by atoms with Crippen molar-refractivity contribution < 1.29 is 5.11 Å². The first-order valence-corrected chi connectivity index (χ1v) is 6.38. The van der Waals surface area contributed by atoms with Crippen molar-refractivity contribution in [2.75, 3.05) is 0 Å². The molecule has 0 bridgehead atoms. The van der Waals surface area contributed by atoms with E-state index >= 15 is 0 Å². The molecule has 0 aliphatic heterocycles. The summed E-state index contributed by atoms with van der Waals surface area (Å²) in [4.78, 5) is 0. The molecule has 1 saturated carbocycles. The minimum absolute atomic E-state index is 0.167. The summed E-state index contributed by atoms with van der Waals surface area (Å²) < 4.78 is -0.750. The molecule has 1 fully saturated rings. The van der Waals surface area contributed by atoms with Crippen molar-refractivity contribution in [3.63, 3.8) is 0 Å². The van der Waals surface area contributed by atoms with E-state index in [0.717, 1.165) is 0 Å². The van der Waals surface area contributed by atoms with Crippen molar-refractivity contribution in [2.45, 2.75) is 62.8 Å². The molecule has 0 aromatic carbocycles. The monoisotopic (exact) mass is 262 g/mol. The van der Waals surface area contributed by atoms with Crippen molar-refractivity contribution in [1.29, 1.82) is 0 Å². The summed E-state index contributed by atoms with van der Waals surface area (Å²) in [5.41, 5.74) is 0. The fourth-order valence-corrected chi connectivity index (χ4v) is 1.06. The first-order chi connectivity index (χ1) is 6.46. The molecule has 1 nitrogen and oxygen atoms in total. The van der Waals surface area contributed by atoms with Gasteiger partial charge in [0, 0.05) is 6.10 Å². The van der Waals surface area contributed by atoms with Gasteiger partial charge in [-0.2, -0.15) is 0 Å². The van der Waals surface area contributed by atoms with Gasteiger partial charge in [0.25, 0.3) is 0 Å². The standard InChI is InChI=1S/C6H12.C3H8O.CHCl3/c1-2-4-6-5-3-1;1-3(2)4;2-1(3)4/h1-6H2;3-4H,1-2H3;1H. The Labute approximate surface area is 103 Å². The maximum atomic E-state index is 8.06. The molecule has 14 heavy (non-hydrogen) atoms. The molecule has 0 saturated heterocycles. The Morgan fingerprint density at radius 1 is 0.786 bits per heavy atom. The maximum Gasteiger partial charge on any atom is 0.180 e. The minimum Gasteiger partial charge on any atom is -0.394 e. The topological polar surface area (TPSA) is 20.2 Å². The molecule has 0 aromatic rings. The Kier molecular flexibility index (Phi) is 17.0. The van der Waals surface area contributed by atoms with E-state index in [9.17, 15) is 0 Å². The van der Waals surface area contributed by atoms with Crippen LogP contribution in [0, 0.1) is 0 Å². The average molecular weight is 264 g/mol. The molecule has 1 rings (SSSR count). The molecule has 1 N–H and O–H groups in total. The highest BCUT2D eigenvalue weighted by atomic mass is 35.6. The Bertz CT molecular complexity index is 70.3. The van der Waals surface area contributed by atoms with Crippen LogP contribution in [-0.4, -0.2) is 15.5 Å². The summed E-state index contributed by atoms with van der Waals surface area (Å²) >= 11 is 14.4. The molecule has 4 heteroatoms. The van der Waals surface area contributed by atoms with Crippen LogP contribution in [0.15, 0.2) is 0 Å². The number of alkyl halides is 3. The molecular formula is C10H21Cl3O. The number of rotatable bonds is 0. The van der Waals surface area contributed by atoms with Gasteiger partial charge in [-0.05, 0) is 13.8 Å². The summed E-state index contributed by atoms with van der Waals surface area (Å²) in [6.45, 7) is 3.44. The van der Waals surface area contributed by atoms with E-state index in [-0.39, 0.29) is 6.10 Å². The van der Waals surface area contributed by atoms with Gasteiger partial charge in [-0.15, -0.1) is 0 Å².